The quantitative estimate of drug-likeness (QED) is 0.400. The first-order valence-electron chi connectivity index (χ1n) is 13.7. The van der Waals surface area contributed by atoms with Gasteiger partial charge in [0.05, 0.1) is 13.1 Å². The van der Waals surface area contributed by atoms with Gasteiger partial charge >= 0.3 is 18.2 Å². The van der Waals surface area contributed by atoms with E-state index < -0.39 is 52.8 Å². The predicted molar refractivity (Wildman–Crippen MR) is 152 cm³/mol. The summed E-state index contributed by atoms with van der Waals surface area (Å²) < 4.78 is 16.9. The van der Waals surface area contributed by atoms with Crippen LogP contribution in [0.1, 0.15) is 53.5 Å². The molecule has 41 heavy (non-hydrogen) atoms. The van der Waals surface area contributed by atoms with Crippen molar-refractivity contribution < 1.29 is 33.4 Å². The molecule has 2 saturated heterocycles. The molecule has 1 spiro atoms. The Bertz CT molecular complexity index is 1270. The topological polar surface area (TPSA) is 114 Å². The second-order valence-electron chi connectivity index (χ2n) is 12.7. The van der Waals surface area contributed by atoms with Crippen LogP contribution in [0.25, 0.3) is 0 Å². The van der Waals surface area contributed by atoms with Gasteiger partial charge in [0.25, 0.3) is 0 Å². The summed E-state index contributed by atoms with van der Waals surface area (Å²) in [6, 6.07) is 16.2. The third-order valence-corrected chi connectivity index (χ3v) is 6.99. The molecular weight excluding hydrogens is 526 g/mol. The molecule has 0 aromatic heterocycles. The number of carbonyl (C=O) groups excluding carboxylic acids is 4. The first-order valence-corrected chi connectivity index (χ1v) is 13.7. The van der Waals surface area contributed by atoms with Crippen LogP contribution in [-0.2, 0) is 30.4 Å². The van der Waals surface area contributed by atoms with E-state index in [9.17, 15) is 19.2 Å². The monoisotopic (exact) mass is 565 g/mol. The molecule has 2 heterocycles. The van der Waals surface area contributed by atoms with Gasteiger partial charge in [0.15, 0.2) is 5.60 Å². The van der Waals surface area contributed by atoms with E-state index in [1.54, 1.807) is 32.9 Å². The molecule has 3 atom stereocenters. The van der Waals surface area contributed by atoms with Crippen molar-refractivity contribution in [2.24, 2.45) is 5.41 Å². The Balaban J connectivity index is 1.57. The van der Waals surface area contributed by atoms with Crippen LogP contribution >= 0.6 is 0 Å². The van der Waals surface area contributed by atoms with E-state index in [0.29, 0.717) is 5.69 Å². The lowest BCUT2D eigenvalue weighted by Gasteiger charge is -2.35. The average Bonchev–Trinajstić information content (AvgIpc) is 3.44. The van der Waals surface area contributed by atoms with Crippen LogP contribution in [-0.4, -0.2) is 65.3 Å². The van der Waals surface area contributed by atoms with Gasteiger partial charge < -0.3 is 24.4 Å². The summed E-state index contributed by atoms with van der Waals surface area (Å²) in [4.78, 5) is 56.2. The highest BCUT2D eigenvalue weighted by Gasteiger charge is 2.58. The minimum absolute atomic E-state index is 0.0296. The van der Waals surface area contributed by atoms with E-state index >= 15 is 0 Å². The molecule has 220 valence electrons. The number of hydrogen-bond donors (Lipinski definition) is 1. The van der Waals surface area contributed by atoms with Crippen LogP contribution in [0.4, 0.5) is 15.3 Å². The second kappa shape index (κ2) is 11.4. The van der Waals surface area contributed by atoms with E-state index in [0.717, 1.165) is 5.56 Å². The molecule has 1 unspecified atom stereocenters. The first kappa shape index (κ1) is 29.9. The predicted octanol–water partition coefficient (Wildman–Crippen LogP) is 4.67. The van der Waals surface area contributed by atoms with Gasteiger partial charge in [-0.2, -0.15) is 0 Å². The molecule has 2 fully saturated rings. The van der Waals surface area contributed by atoms with Gasteiger partial charge in [-0.15, -0.1) is 0 Å². The van der Waals surface area contributed by atoms with Gasteiger partial charge in [-0.05, 0) is 43.9 Å². The molecule has 2 aromatic rings. The Labute approximate surface area is 240 Å². The fourth-order valence-corrected chi connectivity index (χ4v) is 5.08. The summed E-state index contributed by atoms with van der Waals surface area (Å²) in [5.74, 6) is -1.09. The molecule has 2 aliphatic heterocycles. The summed E-state index contributed by atoms with van der Waals surface area (Å²) >= 11 is 0. The Hall–Kier alpha value is -4.08. The number of anilines is 1. The summed E-state index contributed by atoms with van der Waals surface area (Å²) in [5, 5.41) is 2.71. The zero-order valence-corrected chi connectivity index (χ0v) is 24.5. The van der Waals surface area contributed by atoms with E-state index in [-0.39, 0.29) is 26.1 Å². The highest BCUT2D eigenvalue weighted by atomic mass is 16.6. The molecule has 1 N–H and O–H groups in total. The van der Waals surface area contributed by atoms with Crippen LogP contribution < -0.4 is 10.2 Å². The van der Waals surface area contributed by atoms with E-state index in [2.05, 4.69) is 5.32 Å². The smallest absolute Gasteiger partial charge is 0.415 e. The summed E-state index contributed by atoms with van der Waals surface area (Å²) in [7, 11) is 0. The number of ether oxygens (including phenoxy) is 3. The SMILES string of the molecule is CC(C)(C)OC(=O)[C@@H]1C[C@@]2(CN(c3ccccc3)C(=O)O2)CN1C(=O)C(NC(=O)OCc1ccccc1)C(C)(C)C. The van der Waals surface area contributed by atoms with Gasteiger partial charge in [-0.25, -0.2) is 14.4 Å². The van der Waals surface area contributed by atoms with Gasteiger partial charge in [0.1, 0.15) is 24.3 Å². The maximum Gasteiger partial charge on any atom is 0.415 e. The highest BCUT2D eigenvalue weighted by molar-refractivity contribution is 5.93. The lowest BCUT2D eigenvalue weighted by atomic mass is 9.85. The largest absolute Gasteiger partial charge is 0.458 e. The van der Waals surface area contributed by atoms with Crippen LogP contribution in [0.5, 0.6) is 0 Å². The van der Waals surface area contributed by atoms with E-state index in [1.165, 1.54) is 9.80 Å². The van der Waals surface area contributed by atoms with Gasteiger partial charge in [-0.3, -0.25) is 9.69 Å². The van der Waals surface area contributed by atoms with Gasteiger partial charge in [0, 0.05) is 12.1 Å². The Morgan fingerprint density at radius 3 is 2.17 bits per heavy atom. The van der Waals surface area contributed by atoms with Crippen molar-refractivity contribution in [3.8, 4) is 0 Å². The molecule has 2 aliphatic rings. The standard InChI is InChI=1S/C31H39N3O7/c1-29(2,3)24(32-27(37)39-18-21-13-9-7-10-14-21)25(35)34-20-31(17-23(34)26(36)40-30(4,5)6)19-33(28(38)41-31)22-15-11-8-12-16-22/h7-16,23-24H,17-20H2,1-6H3,(H,32,37)/t23-,24?,31+/m0/s1. The maximum absolute atomic E-state index is 14.1. The molecule has 0 bridgehead atoms. The van der Waals surface area contributed by atoms with Gasteiger partial charge in [-0.1, -0.05) is 69.3 Å². The van der Waals surface area contributed by atoms with Crippen molar-refractivity contribution in [2.75, 3.05) is 18.0 Å². The third kappa shape index (κ3) is 7.17. The number of para-hydroxylation sites is 1. The summed E-state index contributed by atoms with van der Waals surface area (Å²) in [6.45, 7) is 10.8. The number of esters is 1. The fourth-order valence-electron chi connectivity index (χ4n) is 5.08. The lowest BCUT2D eigenvalue weighted by molar-refractivity contribution is -0.164. The highest BCUT2D eigenvalue weighted by Crippen LogP contribution is 2.40. The minimum Gasteiger partial charge on any atom is -0.458 e. The van der Waals surface area contributed by atoms with Crippen molar-refractivity contribution in [2.45, 2.75) is 77.9 Å². The number of carbonyl (C=O) groups is 4. The molecule has 0 aliphatic carbocycles. The maximum atomic E-state index is 14.1. The van der Waals surface area contributed by atoms with Crippen molar-refractivity contribution in [1.29, 1.82) is 0 Å². The van der Waals surface area contributed by atoms with Crippen molar-refractivity contribution in [3.63, 3.8) is 0 Å². The Morgan fingerprint density at radius 2 is 1.59 bits per heavy atom. The Morgan fingerprint density at radius 1 is 0.976 bits per heavy atom. The molecule has 0 saturated carbocycles. The number of benzene rings is 2. The summed E-state index contributed by atoms with van der Waals surface area (Å²) in [6.07, 6.45) is -1.24. The zero-order valence-electron chi connectivity index (χ0n) is 24.5. The number of nitrogens with zero attached hydrogens (tertiary/aromatic N) is 2. The molecule has 10 nitrogen and oxygen atoms in total. The molecule has 0 radical (unpaired) electrons. The van der Waals surface area contributed by atoms with Crippen molar-refractivity contribution in [3.05, 3.63) is 66.2 Å². The second-order valence-corrected chi connectivity index (χ2v) is 12.7. The number of likely N-dealkylation sites (tertiary alicyclic amines) is 1. The van der Waals surface area contributed by atoms with Crippen molar-refractivity contribution in [1.82, 2.24) is 10.2 Å². The fraction of sp³-hybridized carbons (Fsp3) is 0.484. The lowest BCUT2D eigenvalue weighted by Crippen LogP contribution is -2.57. The average molecular weight is 566 g/mol. The molecule has 10 heteroatoms. The van der Waals surface area contributed by atoms with E-state index in [1.807, 2.05) is 69.3 Å². The normalized spacial score (nSPS) is 21.4. The third-order valence-electron chi connectivity index (χ3n) is 6.99. The van der Waals surface area contributed by atoms with Crippen LogP contribution in [0.15, 0.2) is 60.7 Å². The van der Waals surface area contributed by atoms with Crippen molar-refractivity contribution >= 4 is 29.8 Å². The minimum atomic E-state index is -1.12. The van der Waals surface area contributed by atoms with Crippen LogP contribution in [0.3, 0.4) is 0 Å². The van der Waals surface area contributed by atoms with Crippen LogP contribution in [0.2, 0.25) is 0 Å². The first-order chi connectivity index (χ1) is 19.2. The number of alkyl carbamates (subject to hydrolysis) is 1. The van der Waals surface area contributed by atoms with E-state index in [4.69, 9.17) is 14.2 Å². The molecular formula is C31H39N3O7. The molecule has 3 amide bonds. The Kier molecular flexibility index (Phi) is 8.33. The summed E-state index contributed by atoms with van der Waals surface area (Å²) in [5.41, 5.74) is -1.20. The zero-order chi connectivity index (χ0) is 30.0. The number of rotatable bonds is 6. The molecule has 2 aromatic carbocycles. The number of amides is 3. The van der Waals surface area contributed by atoms with Crippen LogP contribution in [0, 0.1) is 5.41 Å². The van der Waals surface area contributed by atoms with Gasteiger partial charge in [0.2, 0.25) is 5.91 Å². The number of nitrogens with one attached hydrogen (secondary N) is 1. The number of hydrogen-bond acceptors (Lipinski definition) is 7. The molecule has 4 rings (SSSR count).